The van der Waals surface area contributed by atoms with Gasteiger partial charge in [0.25, 0.3) is 0 Å². The van der Waals surface area contributed by atoms with Gasteiger partial charge in [0.1, 0.15) is 0 Å². The molecule has 3 aliphatic rings. The second-order valence-electron chi connectivity index (χ2n) is 7.26. The van der Waals surface area contributed by atoms with Gasteiger partial charge in [-0.1, -0.05) is 19.3 Å². The van der Waals surface area contributed by atoms with Crippen LogP contribution in [0.3, 0.4) is 0 Å². The lowest BCUT2D eigenvalue weighted by Crippen LogP contribution is -2.44. The first-order valence-electron chi connectivity index (χ1n) is 8.77. The highest BCUT2D eigenvalue weighted by molar-refractivity contribution is 5.04. The Labute approximate surface area is 127 Å². The molecular formula is C17H27N3O. The molecule has 0 radical (unpaired) electrons. The Morgan fingerprint density at radius 2 is 1.71 bits per heavy atom. The molecule has 4 nitrogen and oxygen atoms in total. The molecule has 0 aromatic carbocycles. The van der Waals surface area contributed by atoms with Crippen LogP contribution in [-0.2, 0) is 6.54 Å². The fourth-order valence-corrected chi connectivity index (χ4v) is 4.70. The summed E-state index contributed by atoms with van der Waals surface area (Å²) in [5.41, 5.74) is 1.22. The summed E-state index contributed by atoms with van der Waals surface area (Å²) < 4.78 is 2.22. The maximum Gasteiger partial charge on any atom is 0.0765 e. The van der Waals surface area contributed by atoms with Crippen molar-refractivity contribution >= 4 is 0 Å². The van der Waals surface area contributed by atoms with Crippen LogP contribution in [0.4, 0.5) is 0 Å². The molecule has 1 N–H and O–H groups in total. The monoisotopic (exact) mass is 289 g/mol. The highest BCUT2D eigenvalue weighted by Crippen LogP contribution is 2.36. The molecule has 116 valence electrons. The Bertz CT molecular complexity index is 466. The third kappa shape index (κ3) is 2.76. The van der Waals surface area contributed by atoms with E-state index in [1.54, 1.807) is 0 Å². The number of hydrogen-bond acceptors (Lipinski definition) is 3. The highest BCUT2D eigenvalue weighted by atomic mass is 16.3. The van der Waals surface area contributed by atoms with Gasteiger partial charge in [0.05, 0.1) is 17.8 Å². The summed E-state index contributed by atoms with van der Waals surface area (Å²) in [6.07, 6.45) is 13.2. The topological polar surface area (TPSA) is 41.3 Å². The standard InChI is InChI=1S/C17H27N3O/c21-17-10-15-6-7-16(11-17)19(15)12-13-8-9-20(18-13)14-4-2-1-3-5-14/h8-9,14-17,21H,1-7,10-12H2. The van der Waals surface area contributed by atoms with Crippen molar-refractivity contribution in [2.75, 3.05) is 0 Å². The fourth-order valence-electron chi connectivity index (χ4n) is 4.70. The molecule has 0 amide bonds. The van der Waals surface area contributed by atoms with Crippen LogP contribution in [0.25, 0.3) is 0 Å². The van der Waals surface area contributed by atoms with Crippen LogP contribution in [-0.4, -0.2) is 38.0 Å². The second kappa shape index (κ2) is 5.73. The van der Waals surface area contributed by atoms with Gasteiger partial charge in [-0.3, -0.25) is 9.58 Å². The van der Waals surface area contributed by atoms with Crippen molar-refractivity contribution in [3.05, 3.63) is 18.0 Å². The van der Waals surface area contributed by atoms with Gasteiger partial charge in [-0.15, -0.1) is 0 Å². The molecule has 2 bridgehead atoms. The van der Waals surface area contributed by atoms with E-state index in [9.17, 15) is 5.11 Å². The zero-order valence-electron chi connectivity index (χ0n) is 12.8. The Hall–Kier alpha value is -0.870. The molecule has 2 saturated heterocycles. The largest absolute Gasteiger partial charge is 0.393 e. The van der Waals surface area contributed by atoms with Crippen molar-refractivity contribution in [3.63, 3.8) is 0 Å². The average Bonchev–Trinajstić information content (AvgIpc) is 3.05. The van der Waals surface area contributed by atoms with Gasteiger partial charge < -0.3 is 5.11 Å². The average molecular weight is 289 g/mol. The van der Waals surface area contributed by atoms with E-state index in [0.29, 0.717) is 18.1 Å². The summed E-state index contributed by atoms with van der Waals surface area (Å²) in [6.45, 7) is 0.974. The van der Waals surface area contributed by atoms with E-state index >= 15 is 0 Å². The predicted molar refractivity (Wildman–Crippen MR) is 81.9 cm³/mol. The predicted octanol–water partition coefficient (Wildman–Crippen LogP) is 2.88. The van der Waals surface area contributed by atoms with Gasteiger partial charge in [-0.05, 0) is 44.6 Å². The van der Waals surface area contributed by atoms with Crippen LogP contribution >= 0.6 is 0 Å². The fraction of sp³-hybridized carbons (Fsp3) is 0.824. The van der Waals surface area contributed by atoms with E-state index in [2.05, 4.69) is 21.8 Å². The molecule has 4 heteroatoms. The quantitative estimate of drug-likeness (QED) is 0.930. The minimum absolute atomic E-state index is 0.0708. The van der Waals surface area contributed by atoms with Gasteiger partial charge in [0.15, 0.2) is 0 Å². The first-order valence-corrected chi connectivity index (χ1v) is 8.77. The third-order valence-corrected chi connectivity index (χ3v) is 5.82. The van der Waals surface area contributed by atoms with Crippen molar-refractivity contribution in [1.29, 1.82) is 0 Å². The Kier molecular flexibility index (Phi) is 3.76. The number of nitrogens with zero attached hydrogens (tertiary/aromatic N) is 3. The van der Waals surface area contributed by atoms with Crippen molar-refractivity contribution in [1.82, 2.24) is 14.7 Å². The number of piperidine rings is 1. The molecule has 21 heavy (non-hydrogen) atoms. The van der Waals surface area contributed by atoms with E-state index in [4.69, 9.17) is 5.10 Å². The number of hydrogen-bond donors (Lipinski definition) is 1. The van der Waals surface area contributed by atoms with Crippen LogP contribution < -0.4 is 0 Å². The molecule has 3 heterocycles. The van der Waals surface area contributed by atoms with Crippen LogP contribution in [0.15, 0.2) is 12.3 Å². The molecule has 3 fully saturated rings. The number of aliphatic hydroxyl groups excluding tert-OH is 1. The van der Waals surface area contributed by atoms with Gasteiger partial charge >= 0.3 is 0 Å². The first-order chi connectivity index (χ1) is 10.3. The Morgan fingerprint density at radius 1 is 1.00 bits per heavy atom. The lowest BCUT2D eigenvalue weighted by Gasteiger charge is -2.36. The lowest BCUT2D eigenvalue weighted by atomic mass is 9.96. The van der Waals surface area contributed by atoms with Gasteiger partial charge in [-0.2, -0.15) is 5.10 Å². The van der Waals surface area contributed by atoms with Crippen molar-refractivity contribution in [3.8, 4) is 0 Å². The summed E-state index contributed by atoms with van der Waals surface area (Å²) in [5.74, 6) is 0. The van der Waals surface area contributed by atoms with Gasteiger partial charge in [-0.25, -0.2) is 0 Å². The van der Waals surface area contributed by atoms with Crippen molar-refractivity contribution in [2.24, 2.45) is 0 Å². The molecule has 2 unspecified atom stereocenters. The van der Waals surface area contributed by atoms with E-state index in [0.717, 1.165) is 19.4 Å². The zero-order valence-corrected chi connectivity index (χ0v) is 12.8. The molecular weight excluding hydrogens is 262 g/mol. The van der Waals surface area contributed by atoms with E-state index in [1.165, 1.54) is 50.6 Å². The molecule has 2 aliphatic heterocycles. The van der Waals surface area contributed by atoms with Crippen LogP contribution in [0, 0.1) is 0 Å². The first kappa shape index (κ1) is 13.8. The van der Waals surface area contributed by atoms with Crippen LogP contribution in [0.1, 0.15) is 69.5 Å². The van der Waals surface area contributed by atoms with E-state index < -0.39 is 0 Å². The molecule has 0 spiro atoms. The van der Waals surface area contributed by atoms with Crippen LogP contribution in [0.2, 0.25) is 0 Å². The van der Waals surface area contributed by atoms with Crippen molar-refractivity contribution < 1.29 is 5.11 Å². The molecule has 1 saturated carbocycles. The summed E-state index contributed by atoms with van der Waals surface area (Å²) in [6, 6.07) is 4.00. The smallest absolute Gasteiger partial charge is 0.0765 e. The van der Waals surface area contributed by atoms with E-state index in [-0.39, 0.29) is 6.10 Å². The summed E-state index contributed by atoms with van der Waals surface area (Å²) in [4.78, 5) is 2.60. The maximum atomic E-state index is 9.90. The van der Waals surface area contributed by atoms with Gasteiger partial charge in [0, 0.05) is 24.8 Å². The molecule has 2 atom stereocenters. The number of fused-ring (bicyclic) bond motifs is 2. The summed E-state index contributed by atoms with van der Waals surface area (Å²) >= 11 is 0. The Balaban J connectivity index is 1.42. The van der Waals surface area contributed by atoms with E-state index in [1.807, 2.05) is 0 Å². The molecule has 1 aliphatic carbocycles. The number of aliphatic hydroxyl groups is 1. The lowest BCUT2D eigenvalue weighted by molar-refractivity contribution is 0.0302. The summed E-state index contributed by atoms with van der Waals surface area (Å²) in [7, 11) is 0. The molecule has 4 rings (SSSR count). The zero-order chi connectivity index (χ0) is 14.2. The second-order valence-corrected chi connectivity index (χ2v) is 7.26. The maximum absolute atomic E-state index is 9.90. The molecule has 1 aromatic heterocycles. The minimum atomic E-state index is -0.0708. The minimum Gasteiger partial charge on any atom is -0.393 e. The normalized spacial score (nSPS) is 34.4. The SMILES string of the molecule is OC1CC2CCC(C1)N2Cc1ccn(C2CCCCC2)n1. The third-order valence-electron chi connectivity index (χ3n) is 5.82. The molecule has 1 aromatic rings. The number of aromatic nitrogens is 2. The van der Waals surface area contributed by atoms with Gasteiger partial charge in [0.2, 0.25) is 0 Å². The van der Waals surface area contributed by atoms with Crippen LogP contribution in [0.5, 0.6) is 0 Å². The summed E-state index contributed by atoms with van der Waals surface area (Å²) in [5, 5.41) is 14.8. The number of rotatable bonds is 3. The highest BCUT2D eigenvalue weighted by Gasteiger charge is 2.40. The Morgan fingerprint density at radius 3 is 2.43 bits per heavy atom. The van der Waals surface area contributed by atoms with Crippen molar-refractivity contribution in [2.45, 2.75) is 88.6 Å².